The van der Waals surface area contributed by atoms with Gasteiger partial charge in [0.25, 0.3) is 0 Å². The van der Waals surface area contributed by atoms with Crippen molar-refractivity contribution < 1.29 is 9.13 Å². The van der Waals surface area contributed by atoms with Gasteiger partial charge in [0.05, 0.1) is 50.9 Å². The smallest absolute Gasteiger partial charge is 0.125 e. The van der Waals surface area contributed by atoms with Gasteiger partial charge >= 0.3 is 0 Å². The third kappa shape index (κ3) is 4.33. The van der Waals surface area contributed by atoms with Crippen molar-refractivity contribution in [2.45, 2.75) is 25.8 Å². The number of nitrogens with one attached hydrogen (secondary N) is 1. The van der Waals surface area contributed by atoms with Crippen LogP contribution in [-0.4, -0.2) is 33.8 Å². The SMILES string of the molecule is Cc1ncccc1Nc1cc2nc3ccccc3n(-c3cccc(F)c3)c-2cc1=NC1CCOCC1. The molecule has 3 aromatic rings. The number of hydrogen-bond acceptors (Lipinski definition) is 5. The van der Waals surface area contributed by atoms with Crippen LogP contribution in [0.4, 0.5) is 15.8 Å². The van der Waals surface area contributed by atoms with Crippen LogP contribution in [0, 0.1) is 12.7 Å². The first-order chi connectivity index (χ1) is 17.7. The van der Waals surface area contributed by atoms with Gasteiger partial charge in [-0.05, 0) is 74.4 Å². The van der Waals surface area contributed by atoms with Gasteiger partial charge in [0.15, 0.2) is 0 Å². The molecule has 0 bridgehead atoms. The van der Waals surface area contributed by atoms with Gasteiger partial charge in [-0.25, -0.2) is 9.37 Å². The molecule has 1 saturated heterocycles. The van der Waals surface area contributed by atoms with Crippen molar-refractivity contribution in [1.29, 1.82) is 0 Å². The lowest BCUT2D eigenvalue weighted by molar-refractivity contribution is 0.0864. The minimum Gasteiger partial charge on any atom is -0.381 e. The average molecular weight is 480 g/mol. The van der Waals surface area contributed by atoms with E-state index in [9.17, 15) is 4.39 Å². The van der Waals surface area contributed by atoms with E-state index in [1.54, 1.807) is 18.3 Å². The van der Waals surface area contributed by atoms with E-state index >= 15 is 0 Å². The number of aromatic nitrogens is 3. The minimum atomic E-state index is -0.286. The Hall–Kier alpha value is -4.10. The fraction of sp³-hybridized carbons (Fsp3) is 0.207. The number of anilines is 2. The first-order valence-electron chi connectivity index (χ1n) is 12.2. The first kappa shape index (κ1) is 22.4. The topological polar surface area (TPSA) is 64.3 Å². The summed E-state index contributed by atoms with van der Waals surface area (Å²) < 4.78 is 21.9. The van der Waals surface area contributed by atoms with Crippen LogP contribution in [0.1, 0.15) is 18.5 Å². The van der Waals surface area contributed by atoms with E-state index in [0.717, 1.165) is 63.4 Å². The summed E-state index contributed by atoms with van der Waals surface area (Å²) in [6.07, 6.45) is 3.54. The van der Waals surface area contributed by atoms with Gasteiger partial charge in [0, 0.05) is 25.1 Å². The predicted octanol–water partition coefficient (Wildman–Crippen LogP) is 5.80. The van der Waals surface area contributed by atoms with Crippen LogP contribution in [0.2, 0.25) is 0 Å². The number of ether oxygens (including phenoxy) is 1. The molecule has 2 aliphatic heterocycles. The molecule has 6 rings (SSSR count). The highest BCUT2D eigenvalue weighted by Crippen LogP contribution is 2.31. The lowest BCUT2D eigenvalue weighted by Gasteiger charge is -2.22. The molecule has 1 fully saturated rings. The quantitative estimate of drug-likeness (QED) is 0.331. The van der Waals surface area contributed by atoms with E-state index in [-0.39, 0.29) is 11.9 Å². The van der Waals surface area contributed by atoms with Crippen LogP contribution in [0.15, 0.2) is 84.0 Å². The van der Waals surface area contributed by atoms with Crippen LogP contribution in [0.25, 0.3) is 28.1 Å². The number of para-hydroxylation sites is 2. The predicted molar refractivity (Wildman–Crippen MR) is 139 cm³/mol. The molecule has 2 aromatic carbocycles. The van der Waals surface area contributed by atoms with Crippen LogP contribution in [0.3, 0.4) is 0 Å². The van der Waals surface area contributed by atoms with Gasteiger partial charge in [-0.2, -0.15) is 0 Å². The summed E-state index contributed by atoms with van der Waals surface area (Å²) >= 11 is 0. The summed E-state index contributed by atoms with van der Waals surface area (Å²) in [5.74, 6) is -0.286. The molecule has 0 unspecified atom stereocenters. The van der Waals surface area contributed by atoms with E-state index in [1.165, 1.54) is 6.07 Å². The van der Waals surface area contributed by atoms with Gasteiger partial charge in [0.1, 0.15) is 5.82 Å². The van der Waals surface area contributed by atoms with Crippen molar-refractivity contribution in [3.63, 3.8) is 0 Å². The molecule has 0 amide bonds. The Morgan fingerprint density at radius 1 is 0.972 bits per heavy atom. The molecule has 0 atom stereocenters. The maximum absolute atomic E-state index is 14.3. The highest BCUT2D eigenvalue weighted by atomic mass is 19.1. The van der Waals surface area contributed by atoms with Crippen molar-refractivity contribution in [2.24, 2.45) is 4.99 Å². The molecule has 36 heavy (non-hydrogen) atoms. The second-order valence-corrected chi connectivity index (χ2v) is 9.01. The number of nitrogens with zero attached hydrogens (tertiary/aromatic N) is 4. The molecule has 0 saturated carbocycles. The maximum Gasteiger partial charge on any atom is 0.125 e. The van der Waals surface area contributed by atoms with Crippen molar-refractivity contribution >= 4 is 22.4 Å². The van der Waals surface area contributed by atoms with Gasteiger partial charge in [0.2, 0.25) is 0 Å². The Labute approximate surface area is 208 Å². The summed E-state index contributed by atoms with van der Waals surface area (Å²) in [4.78, 5) is 14.5. The zero-order valence-corrected chi connectivity index (χ0v) is 20.0. The van der Waals surface area contributed by atoms with E-state index in [1.807, 2.05) is 55.5 Å². The van der Waals surface area contributed by atoms with Gasteiger partial charge < -0.3 is 14.6 Å². The van der Waals surface area contributed by atoms with Crippen molar-refractivity contribution in [2.75, 3.05) is 18.5 Å². The maximum atomic E-state index is 14.3. The van der Waals surface area contributed by atoms with Crippen molar-refractivity contribution in [1.82, 2.24) is 14.5 Å². The number of pyridine rings is 1. The second-order valence-electron chi connectivity index (χ2n) is 9.01. The monoisotopic (exact) mass is 479 g/mol. The van der Waals surface area contributed by atoms with Crippen LogP contribution in [-0.2, 0) is 4.74 Å². The molecule has 1 aromatic heterocycles. The molecule has 180 valence electrons. The molecular formula is C29H26FN5O. The van der Waals surface area contributed by atoms with E-state index in [4.69, 9.17) is 14.7 Å². The van der Waals surface area contributed by atoms with E-state index < -0.39 is 0 Å². The lowest BCUT2D eigenvalue weighted by Crippen LogP contribution is -2.23. The number of fused-ring (bicyclic) bond motifs is 2. The van der Waals surface area contributed by atoms with E-state index in [0.29, 0.717) is 13.2 Å². The highest BCUT2D eigenvalue weighted by molar-refractivity contribution is 5.84. The first-order valence-corrected chi connectivity index (χ1v) is 12.2. The molecular weight excluding hydrogens is 453 g/mol. The average Bonchev–Trinajstić information content (AvgIpc) is 2.89. The van der Waals surface area contributed by atoms with Gasteiger partial charge in [-0.1, -0.05) is 18.2 Å². The number of halogens is 1. The summed E-state index contributed by atoms with van der Waals surface area (Å²) in [5, 5.41) is 4.38. The Morgan fingerprint density at radius 3 is 2.67 bits per heavy atom. The highest BCUT2D eigenvalue weighted by Gasteiger charge is 2.19. The zero-order valence-electron chi connectivity index (χ0n) is 20.0. The molecule has 3 heterocycles. The van der Waals surface area contributed by atoms with Gasteiger partial charge in [-0.3, -0.25) is 9.98 Å². The molecule has 7 heteroatoms. The van der Waals surface area contributed by atoms with E-state index in [2.05, 4.69) is 20.9 Å². The second kappa shape index (κ2) is 9.51. The van der Waals surface area contributed by atoms with Crippen LogP contribution < -0.4 is 10.7 Å². The van der Waals surface area contributed by atoms with Crippen LogP contribution >= 0.6 is 0 Å². The van der Waals surface area contributed by atoms with Gasteiger partial charge in [-0.15, -0.1) is 0 Å². The number of benzene rings is 3. The minimum absolute atomic E-state index is 0.169. The fourth-order valence-electron chi connectivity index (χ4n) is 4.71. The third-order valence-electron chi connectivity index (χ3n) is 6.55. The largest absolute Gasteiger partial charge is 0.381 e. The molecule has 6 nitrogen and oxygen atoms in total. The standard InChI is InChI=1S/C29H26FN5O/c1-19-23(9-5-13-31-19)33-25-17-27-29(18-26(25)32-21-11-14-36-15-12-21)35(22-7-4-6-20(30)16-22)28-10-3-2-8-24(28)34-27/h2-10,13,16-18,21,33H,11-12,14-15H2,1H3. The lowest BCUT2D eigenvalue weighted by atomic mass is 10.1. The molecule has 1 aliphatic carbocycles. The Kier molecular flexibility index (Phi) is 5.91. The number of aryl methyl sites for hydroxylation is 1. The Morgan fingerprint density at radius 2 is 1.83 bits per heavy atom. The number of rotatable bonds is 4. The Bertz CT molecular complexity index is 1590. The summed E-state index contributed by atoms with van der Waals surface area (Å²) in [6.45, 7) is 3.39. The molecule has 0 spiro atoms. The number of hydrogen-bond donors (Lipinski definition) is 1. The third-order valence-corrected chi connectivity index (χ3v) is 6.55. The normalized spacial score (nSPS) is 15.0. The molecule has 0 radical (unpaired) electrons. The van der Waals surface area contributed by atoms with Crippen molar-refractivity contribution in [3.05, 3.63) is 95.9 Å². The molecule has 3 aliphatic rings. The summed E-state index contributed by atoms with van der Waals surface area (Å²) in [5.41, 5.74) is 6.78. The summed E-state index contributed by atoms with van der Waals surface area (Å²) in [6, 6.07) is 22.7. The Balaban J connectivity index is 1.64. The zero-order chi connectivity index (χ0) is 24.5. The summed E-state index contributed by atoms with van der Waals surface area (Å²) in [7, 11) is 0. The fourth-order valence-corrected chi connectivity index (χ4v) is 4.71. The van der Waals surface area contributed by atoms with Crippen molar-refractivity contribution in [3.8, 4) is 17.1 Å². The molecule has 1 N–H and O–H groups in total. The van der Waals surface area contributed by atoms with Crippen LogP contribution in [0.5, 0.6) is 0 Å².